The van der Waals surface area contributed by atoms with Crippen LogP contribution in [0.1, 0.15) is 34.1 Å². The van der Waals surface area contributed by atoms with E-state index in [1.54, 1.807) is 6.92 Å². The first-order chi connectivity index (χ1) is 5.07. The fourth-order valence-corrected chi connectivity index (χ4v) is 1.17. The van der Waals surface area contributed by atoms with E-state index in [4.69, 9.17) is 5.11 Å². The molecule has 2 unspecified atom stereocenters. The summed E-state index contributed by atoms with van der Waals surface area (Å²) in [4.78, 5) is 0. The normalized spacial score (nSPS) is 16.9. The average molecular weight is 159 g/mol. The zero-order valence-corrected chi connectivity index (χ0v) is 8.09. The molecule has 0 amide bonds. The third-order valence-electron chi connectivity index (χ3n) is 1.92. The van der Waals surface area contributed by atoms with Gasteiger partial charge in [-0.3, -0.25) is 0 Å². The molecule has 0 aliphatic heterocycles. The fourth-order valence-electron chi connectivity index (χ4n) is 1.17. The molecule has 2 atom stereocenters. The Labute approximate surface area is 70.0 Å². The van der Waals surface area contributed by atoms with Gasteiger partial charge in [0.15, 0.2) is 0 Å². The van der Waals surface area contributed by atoms with Crippen LogP contribution in [0.15, 0.2) is 0 Å². The summed E-state index contributed by atoms with van der Waals surface area (Å²) in [6, 6.07) is 0.546. The van der Waals surface area contributed by atoms with E-state index < -0.39 is 0 Å². The Morgan fingerprint density at radius 3 is 2.09 bits per heavy atom. The van der Waals surface area contributed by atoms with Crippen LogP contribution >= 0.6 is 0 Å². The lowest BCUT2D eigenvalue weighted by molar-refractivity contribution is 0.180. The van der Waals surface area contributed by atoms with Crippen molar-refractivity contribution in [3.05, 3.63) is 0 Å². The summed E-state index contributed by atoms with van der Waals surface area (Å²) in [6.07, 6.45) is 0.896. The topological polar surface area (TPSA) is 32.3 Å². The molecule has 0 saturated heterocycles. The van der Waals surface area contributed by atoms with E-state index in [1.807, 2.05) is 0 Å². The maximum absolute atomic E-state index is 9.02. The highest BCUT2D eigenvalue weighted by Gasteiger charge is 2.09. The van der Waals surface area contributed by atoms with E-state index >= 15 is 0 Å². The van der Waals surface area contributed by atoms with E-state index in [-0.39, 0.29) is 6.10 Å². The maximum atomic E-state index is 9.02. The average Bonchev–Trinajstić information content (AvgIpc) is 1.87. The molecule has 0 spiro atoms. The van der Waals surface area contributed by atoms with Gasteiger partial charge in [0.1, 0.15) is 0 Å². The molecule has 0 heterocycles. The van der Waals surface area contributed by atoms with Crippen molar-refractivity contribution in [2.45, 2.75) is 46.3 Å². The molecule has 0 aromatic rings. The Balaban J connectivity index is 3.52. The molecule has 0 rings (SSSR count). The second-order valence-electron chi connectivity index (χ2n) is 3.52. The Kier molecular flexibility index (Phi) is 5.51. The van der Waals surface area contributed by atoms with Crippen LogP contribution in [0, 0.1) is 5.92 Å². The van der Waals surface area contributed by atoms with Crippen molar-refractivity contribution in [3.8, 4) is 0 Å². The Hall–Kier alpha value is -0.0800. The van der Waals surface area contributed by atoms with Crippen molar-refractivity contribution in [3.63, 3.8) is 0 Å². The molecular formula is C9H21NO. The Morgan fingerprint density at radius 1 is 1.27 bits per heavy atom. The van der Waals surface area contributed by atoms with Gasteiger partial charge < -0.3 is 10.4 Å². The smallest absolute Gasteiger partial charge is 0.0636 e. The van der Waals surface area contributed by atoms with Gasteiger partial charge in [0.05, 0.1) is 6.10 Å². The van der Waals surface area contributed by atoms with E-state index in [2.05, 4.69) is 26.1 Å². The quantitative estimate of drug-likeness (QED) is 0.635. The predicted molar refractivity (Wildman–Crippen MR) is 48.6 cm³/mol. The van der Waals surface area contributed by atoms with Crippen LogP contribution in [-0.4, -0.2) is 23.8 Å². The first-order valence-electron chi connectivity index (χ1n) is 4.49. The van der Waals surface area contributed by atoms with Crippen LogP contribution in [0.25, 0.3) is 0 Å². The largest absolute Gasteiger partial charge is 0.392 e. The van der Waals surface area contributed by atoms with Gasteiger partial charge in [-0.2, -0.15) is 0 Å². The zero-order valence-electron chi connectivity index (χ0n) is 8.09. The molecule has 68 valence electrons. The van der Waals surface area contributed by atoms with Crippen molar-refractivity contribution in [1.82, 2.24) is 5.32 Å². The summed E-state index contributed by atoms with van der Waals surface area (Å²) < 4.78 is 0. The molecule has 11 heavy (non-hydrogen) atoms. The number of aliphatic hydroxyl groups excluding tert-OH is 1. The van der Waals surface area contributed by atoms with Gasteiger partial charge in [-0.1, -0.05) is 20.8 Å². The van der Waals surface area contributed by atoms with Gasteiger partial charge in [-0.15, -0.1) is 0 Å². The van der Waals surface area contributed by atoms with Gasteiger partial charge in [0.25, 0.3) is 0 Å². The number of rotatable bonds is 5. The predicted octanol–water partition coefficient (Wildman–Crippen LogP) is 1.39. The lowest BCUT2D eigenvalue weighted by atomic mass is 10.0. The summed E-state index contributed by atoms with van der Waals surface area (Å²) in [5.74, 6) is 0.652. The number of hydrogen-bond acceptors (Lipinski definition) is 2. The minimum absolute atomic E-state index is 0.234. The number of aliphatic hydroxyl groups is 1. The highest BCUT2D eigenvalue weighted by atomic mass is 16.3. The van der Waals surface area contributed by atoms with Crippen molar-refractivity contribution >= 4 is 0 Å². The molecule has 2 nitrogen and oxygen atoms in total. The molecule has 2 heteroatoms. The van der Waals surface area contributed by atoms with Crippen LogP contribution in [0.4, 0.5) is 0 Å². The summed E-state index contributed by atoms with van der Waals surface area (Å²) in [5, 5.41) is 12.3. The molecule has 0 aliphatic carbocycles. The van der Waals surface area contributed by atoms with Gasteiger partial charge in [-0.05, 0) is 19.3 Å². The molecule has 0 fully saturated rings. The number of hydrogen-bond donors (Lipinski definition) is 2. The van der Waals surface area contributed by atoms with Crippen LogP contribution in [0.2, 0.25) is 0 Å². The highest BCUT2D eigenvalue weighted by molar-refractivity contribution is 4.69. The summed E-state index contributed by atoms with van der Waals surface area (Å²) in [7, 11) is 0. The highest BCUT2D eigenvalue weighted by Crippen LogP contribution is 2.04. The number of nitrogens with one attached hydrogen (secondary N) is 1. The van der Waals surface area contributed by atoms with Crippen molar-refractivity contribution < 1.29 is 5.11 Å². The fraction of sp³-hybridized carbons (Fsp3) is 1.00. The molecule has 0 aromatic heterocycles. The van der Waals surface area contributed by atoms with Crippen molar-refractivity contribution in [2.75, 3.05) is 6.54 Å². The van der Waals surface area contributed by atoms with E-state index in [0.717, 1.165) is 6.42 Å². The lowest BCUT2D eigenvalue weighted by Gasteiger charge is -2.21. The molecule has 0 saturated carbocycles. The van der Waals surface area contributed by atoms with Crippen LogP contribution in [-0.2, 0) is 0 Å². The molecule has 0 radical (unpaired) electrons. The van der Waals surface area contributed by atoms with Crippen LogP contribution in [0.3, 0.4) is 0 Å². The molecule has 0 aromatic carbocycles. The second kappa shape index (κ2) is 5.56. The van der Waals surface area contributed by atoms with E-state index in [9.17, 15) is 0 Å². The van der Waals surface area contributed by atoms with Crippen LogP contribution in [0.5, 0.6) is 0 Å². The Morgan fingerprint density at radius 2 is 1.82 bits per heavy atom. The monoisotopic (exact) mass is 159 g/mol. The first kappa shape index (κ1) is 10.9. The lowest BCUT2D eigenvalue weighted by Crippen LogP contribution is -2.37. The zero-order chi connectivity index (χ0) is 8.85. The van der Waals surface area contributed by atoms with Crippen LogP contribution < -0.4 is 5.32 Å². The second-order valence-corrected chi connectivity index (χ2v) is 3.52. The maximum Gasteiger partial charge on any atom is 0.0636 e. The van der Waals surface area contributed by atoms with Gasteiger partial charge in [-0.25, -0.2) is 0 Å². The minimum atomic E-state index is -0.234. The van der Waals surface area contributed by atoms with Gasteiger partial charge in [0, 0.05) is 12.6 Å². The third-order valence-corrected chi connectivity index (χ3v) is 1.92. The summed E-state index contributed by atoms with van der Waals surface area (Å²) in [6.45, 7) is 9.07. The SMILES string of the molecule is CCC(NCC(C)O)C(C)C. The molecule has 0 bridgehead atoms. The Bertz CT molecular complexity index is 91.6. The minimum Gasteiger partial charge on any atom is -0.392 e. The van der Waals surface area contributed by atoms with Crippen molar-refractivity contribution in [2.24, 2.45) is 5.92 Å². The summed E-state index contributed by atoms with van der Waals surface area (Å²) in [5.41, 5.74) is 0. The first-order valence-corrected chi connectivity index (χ1v) is 4.49. The van der Waals surface area contributed by atoms with E-state index in [0.29, 0.717) is 18.5 Å². The standard InChI is InChI=1S/C9H21NO/c1-5-9(7(2)3)10-6-8(4)11/h7-11H,5-6H2,1-4H3. The van der Waals surface area contributed by atoms with Gasteiger partial charge >= 0.3 is 0 Å². The summed E-state index contributed by atoms with van der Waals surface area (Å²) >= 11 is 0. The molecule has 0 aliphatic rings. The van der Waals surface area contributed by atoms with Crippen molar-refractivity contribution in [1.29, 1.82) is 0 Å². The molecular weight excluding hydrogens is 138 g/mol. The molecule has 2 N–H and O–H groups in total. The third kappa shape index (κ3) is 5.22. The van der Waals surface area contributed by atoms with Gasteiger partial charge in [0.2, 0.25) is 0 Å². The van der Waals surface area contributed by atoms with E-state index in [1.165, 1.54) is 0 Å².